The molecule has 0 fully saturated rings. The van der Waals surface area contributed by atoms with Gasteiger partial charge < -0.3 is 0 Å². The zero-order valence-electron chi connectivity index (χ0n) is 14.7. The van der Waals surface area contributed by atoms with Crippen molar-refractivity contribution in [3.8, 4) is 0 Å². The normalized spacial score (nSPS) is 12.1. The first-order valence-electron chi connectivity index (χ1n) is 8.09. The summed E-state index contributed by atoms with van der Waals surface area (Å²) in [6, 6.07) is 17.1. The Balaban J connectivity index is 1.94. The van der Waals surface area contributed by atoms with Crippen molar-refractivity contribution >= 4 is 32.2 Å². The number of sulfonamides is 1. The summed E-state index contributed by atoms with van der Waals surface area (Å²) < 4.78 is 25.0. The monoisotopic (exact) mass is 383 g/mol. The lowest BCUT2D eigenvalue weighted by Gasteiger charge is -2.08. The molecule has 0 aliphatic heterocycles. The highest BCUT2D eigenvalue weighted by Crippen LogP contribution is 2.22. The fourth-order valence-corrected chi connectivity index (χ4v) is 3.61. The van der Waals surface area contributed by atoms with Crippen molar-refractivity contribution in [1.82, 2.24) is 4.83 Å². The van der Waals surface area contributed by atoms with E-state index in [0.717, 1.165) is 22.4 Å². The van der Waals surface area contributed by atoms with Crippen LogP contribution in [-0.4, -0.2) is 19.1 Å². The van der Waals surface area contributed by atoms with Gasteiger partial charge in [0.1, 0.15) is 0 Å². The molecule has 0 spiro atoms. The largest absolute Gasteiger partial charge is 0.276 e. The highest BCUT2D eigenvalue weighted by Gasteiger charge is 2.19. The molecule has 0 atom stereocenters. The average molecular weight is 383 g/mol. The number of nitro benzene ring substituents is 1. The van der Waals surface area contributed by atoms with Crippen molar-refractivity contribution in [2.75, 3.05) is 0 Å². The maximum absolute atomic E-state index is 12.5. The number of nitrogens with one attached hydrogen (secondary N) is 1. The first-order valence-corrected chi connectivity index (χ1v) is 9.57. The summed E-state index contributed by atoms with van der Waals surface area (Å²) in [5, 5.41) is 17.0. The van der Waals surface area contributed by atoms with E-state index >= 15 is 0 Å². The third kappa shape index (κ3) is 3.80. The summed E-state index contributed by atoms with van der Waals surface area (Å²) in [6.45, 7) is 3.24. The quantitative estimate of drug-likeness (QED) is 0.412. The number of fused-ring (bicyclic) bond motifs is 1. The molecule has 8 heteroatoms. The van der Waals surface area contributed by atoms with Gasteiger partial charge in [0, 0.05) is 17.2 Å². The minimum absolute atomic E-state index is 0.214. The molecule has 0 saturated heterocycles. The molecule has 1 N–H and O–H groups in total. The highest BCUT2D eigenvalue weighted by molar-refractivity contribution is 7.89. The van der Waals surface area contributed by atoms with Gasteiger partial charge in [0.05, 0.1) is 15.5 Å². The molecule has 7 nitrogen and oxygen atoms in total. The van der Waals surface area contributed by atoms with Gasteiger partial charge in [-0.25, -0.2) is 0 Å². The van der Waals surface area contributed by atoms with Gasteiger partial charge in [-0.15, -0.1) is 0 Å². The lowest BCUT2D eigenvalue weighted by atomic mass is 10.0. The number of aryl methyl sites for hydroxylation is 1. The van der Waals surface area contributed by atoms with Crippen LogP contribution in [0, 0.1) is 17.0 Å². The molecule has 0 amide bonds. The van der Waals surface area contributed by atoms with Crippen molar-refractivity contribution in [2.45, 2.75) is 18.7 Å². The summed E-state index contributed by atoms with van der Waals surface area (Å²) in [7, 11) is -4.03. The smallest absolute Gasteiger partial charge is 0.258 e. The second-order valence-electron chi connectivity index (χ2n) is 6.02. The van der Waals surface area contributed by atoms with E-state index < -0.39 is 14.9 Å². The second-order valence-corrected chi connectivity index (χ2v) is 7.68. The zero-order valence-corrected chi connectivity index (χ0v) is 15.5. The highest BCUT2D eigenvalue weighted by atomic mass is 32.2. The summed E-state index contributed by atoms with van der Waals surface area (Å²) in [5.41, 5.74) is 1.41. The van der Waals surface area contributed by atoms with Crippen LogP contribution in [-0.2, 0) is 10.0 Å². The van der Waals surface area contributed by atoms with Gasteiger partial charge in [0.15, 0.2) is 0 Å². The molecule has 3 rings (SSSR count). The van der Waals surface area contributed by atoms with Crippen molar-refractivity contribution < 1.29 is 13.3 Å². The predicted octanol–water partition coefficient (Wildman–Crippen LogP) is 3.76. The van der Waals surface area contributed by atoms with Gasteiger partial charge >= 0.3 is 0 Å². The molecular formula is C19H17N3O4S. The molecule has 3 aromatic carbocycles. The van der Waals surface area contributed by atoms with Crippen molar-refractivity contribution in [2.24, 2.45) is 5.10 Å². The fraction of sp³-hybridized carbons (Fsp3) is 0.105. The Bertz CT molecular complexity index is 1170. The standard InChI is InChI=1S/C19H17N3O4S/c1-13-10-11-16(12-19(13)22(23)24)27(25,26)21-20-14(2)17-9-5-7-15-6-3-4-8-18(15)17/h3-12,21H,1-2H3. The Morgan fingerprint density at radius 3 is 2.52 bits per heavy atom. The van der Waals surface area contributed by atoms with Crippen LogP contribution in [0.5, 0.6) is 0 Å². The number of hydrogen-bond donors (Lipinski definition) is 1. The van der Waals surface area contributed by atoms with Gasteiger partial charge in [0.25, 0.3) is 15.7 Å². The van der Waals surface area contributed by atoms with Gasteiger partial charge in [-0.3, -0.25) is 10.1 Å². The average Bonchev–Trinajstić information content (AvgIpc) is 2.65. The van der Waals surface area contributed by atoms with Gasteiger partial charge in [-0.1, -0.05) is 48.5 Å². The molecular weight excluding hydrogens is 366 g/mol. The van der Waals surface area contributed by atoms with E-state index in [1.807, 2.05) is 42.5 Å². The van der Waals surface area contributed by atoms with Gasteiger partial charge in [0.2, 0.25) is 0 Å². The van der Waals surface area contributed by atoms with Crippen LogP contribution >= 0.6 is 0 Å². The zero-order chi connectivity index (χ0) is 19.6. The van der Waals surface area contributed by atoms with Crippen molar-refractivity contribution in [3.63, 3.8) is 0 Å². The van der Waals surface area contributed by atoms with Crippen molar-refractivity contribution in [3.05, 3.63) is 81.9 Å². The van der Waals surface area contributed by atoms with Crippen LogP contribution in [0.4, 0.5) is 5.69 Å². The molecule has 0 unspecified atom stereocenters. The molecule has 138 valence electrons. The van der Waals surface area contributed by atoms with E-state index in [9.17, 15) is 18.5 Å². The first kappa shape index (κ1) is 18.5. The minimum atomic E-state index is -4.03. The van der Waals surface area contributed by atoms with Crippen LogP contribution in [0.25, 0.3) is 10.8 Å². The van der Waals surface area contributed by atoms with Crippen LogP contribution in [0.2, 0.25) is 0 Å². The summed E-state index contributed by atoms with van der Waals surface area (Å²) >= 11 is 0. The van der Waals surface area contributed by atoms with Crippen LogP contribution in [0.15, 0.2) is 70.7 Å². The first-order chi connectivity index (χ1) is 12.8. The van der Waals surface area contributed by atoms with Crippen LogP contribution in [0.3, 0.4) is 0 Å². The summed E-state index contributed by atoms with van der Waals surface area (Å²) in [4.78, 5) is 12.4. The number of benzene rings is 3. The molecule has 3 aromatic rings. The number of rotatable bonds is 5. The molecule has 0 saturated carbocycles. The number of hydrazone groups is 1. The number of hydrogen-bond acceptors (Lipinski definition) is 5. The Morgan fingerprint density at radius 2 is 1.78 bits per heavy atom. The lowest BCUT2D eigenvalue weighted by molar-refractivity contribution is -0.385. The molecule has 0 bridgehead atoms. The van der Waals surface area contributed by atoms with Gasteiger partial charge in [-0.2, -0.15) is 18.4 Å². The fourth-order valence-electron chi connectivity index (χ4n) is 2.74. The maximum Gasteiger partial charge on any atom is 0.276 e. The van der Waals surface area contributed by atoms with Gasteiger partial charge in [-0.05, 0) is 30.7 Å². The lowest BCUT2D eigenvalue weighted by Crippen LogP contribution is -2.20. The summed E-state index contributed by atoms with van der Waals surface area (Å²) in [6.07, 6.45) is 0. The third-order valence-electron chi connectivity index (χ3n) is 4.20. The summed E-state index contributed by atoms with van der Waals surface area (Å²) in [5.74, 6) is 0. The molecule has 27 heavy (non-hydrogen) atoms. The van der Waals surface area contributed by atoms with Crippen LogP contribution in [0.1, 0.15) is 18.1 Å². The molecule has 0 radical (unpaired) electrons. The van der Waals surface area contributed by atoms with E-state index in [4.69, 9.17) is 0 Å². The molecule has 0 aliphatic rings. The Hall–Kier alpha value is -3.26. The van der Waals surface area contributed by atoms with E-state index in [2.05, 4.69) is 9.93 Å². The minimum Gasteiger partial charge on any atom is -0.258 e. The molecule has 0 aliphatic carbocycles. The van der Waals surface area contributed by atoms with E-state index in [0.29, 0.717) is 11.3 Å². The Labute approximate surface area is 156 Å². The topological polar surface area (TPSA) is 102 Å². The van der Waals surface area contributed by atoms with E-state index in [1.54, 1.807) is 13.8 Å². The number of nitro groups is 1. The predicted molar refractivity (Wildman–Crippen MR) is 104 cm³/mol. The Morgan fingerprint density at radius 1 is 1.07 bits per heavy atom. The second kappa shape index (κ2) is 7.16. The van der Waals surface area contributed by atoms with E-state index in [-0.39, 0.29) is 10.6 Å². The van der Waals surface area contributed by atoms with E-state index in [1.165, 1.54) is 12.1 Å². The molecule has 0 heterocycles. The SMILES string of the molecule is CC(=NNS(=O)(=O)c1ccc(C)c([N+](=O)[O-])c1)c1cccc2ccccc12. The maximum atomic E-state index is 12.5. The number of nitrogens with zero attached hydrogens (tertiary/aromatic N) is 2. The third-order valence-corrected chi connectivity index (χ3v) is 5.41. The van der Waals surface area contributed by atoms with Crippen LogP contribution < -0.4 is 4.83 Å². The van der Waals surface area contributed by atoms with Crippen molar-refractivity contribution in [1.29, 1.82) is 0 Å². The Kier molecular flexibility index (Phi) is 4.91. The molecule has 0 aromatic heterocycles.